The van der Waals surface area contributed by atoms with Crippen molar-refractivity contribution in [2.75, 3.05) is 18.0 Å². The quantitative estimate of drug-likeness (QED) is 0.470. The third-order valence-electron chi connectivity index (χ3n) is 6.78. The standard InChI is InChI=1S/C25H30FN5S/c1-19-7-10-25(20-5-3-2-4-6-20)32-31(19)18-21-8-9-23(17-24(21)26)29-14-11-22(12-15-29)30-16-13-27-28-30/h2-6,8-9,13,16-17,19,22,25H,7,10-12,14-15,18H2,1H3/t19-,25?/m0/s1. The van der Waals surface area contributed by atoms with Crippen molar-refractivity contribution < 1.29 is 4.39 Å². The number of anilines is 1. The number of benzene rings is 2. The van der Waals surface area contributed by atoms with Crippen LogP contribution in [0.3, 0.4) is 0 Å². The van der Waals surface area contributed by atoms with Crippen molar-refractivity contribution in [3.05, 3.63) is 77.9 Å². The molecular weight excluding hydrogens is 421 g/mol. The predicted octanol–water partition coefficient (Wildman–Crippen LogP) is 5.63. The van der Waals surface area contributed by atoms with Gasteiger partial charge in [0, 0.05) is 48.4 Å². The minimum Gasteiger partial charge on any atom is -0.371 e. The van der Waals surface area contributed by atoms with Crippen molar-refractivity contribution in [3.8, 4) is 0 Å². The van der Waals surface area contributed by atoms with Crippen LogP contribution in [0.2, 0.25) is 0 Å². The van der Waals surface area contributed by atoms with E-state index in [4.69, 9.17) is 0 Å². The van der Waals surface area contributed by atoms with E-state index in [0.29, 0.717) is 23.9 Å². The first kappa shape index (κ1) is 21.5. The van der Waals surface area contributed by atoms with Gasteiger partial charge in [0.05, 0.1) is 12.2 Å². The molecule has 0 N–H and O–H groups in total. The van der Waals surface area contributed by atoms with Crippen molar-refractivity contribution in [2.24, 2.45) is 0 Å². The van der Waals surface area contributed by atoms with Crippen molar-refractivity contribution >= 4 is 17.6 Å². The summed E-state index contributed by atoms with van der Waals surface area (Å²) in [4.78, 5) is 2.28. The number of aromatic nitrogens is 3. The molecule has 168 valence electrons. The Bertz CT molecular complexity index is 1000. The molecule has 2 aliphatic heterocycles. The Morgan fingerprint density at radius 1 is 1.03 bits per heavy atom. The Morgan fingerprint density at radius 2 is 1.84 bits per heavy atom. The zero-order valence-corrected chi connectivity index (χ0v) is 19.3. The molecule has 0 bridgehead atoms. The first-order valence-electron chi connectivity index (χ1n) is 11.5. The van der Waals surface area contributed by atoms with Crippen molar-refractivity contribution in [3.63, 3.8) is 0 Å². The largest absolute Gasteiger partial charge is 0.371 e. The molecule has 0 saturated carbocycles. The van der Waals surface area contributed by atoms with E-state index in [1.54, 1.807) is 12.3 Å². The minimum absolute atomic E-state index is 0.101. The number of rotatable bonds is 5. The van der Waals surface area contributed by atoms with Crippen LogP contribution >= 0.6 is 11.9 Å². The molecule has 3 heterocycles. The van der Waals surface area contributed by atoms with E-state index in [9.17, 15) is 0 Å². The molecule has 32 heavy (non-hydrogen) atoms. The number of halogens is 1. The van der Waals surface area contributed by atoms with Crippen LogP contribution in [-0.4, -0.2) is 38.4 Å². The van der Waals surface area contributed by atoms with Crippen LogP contribution in [-0.2, 0) is 6.54 Å². The second-order valence-corrected chi connectivity index (χ2v) is 10.1. The normalized spacial score (nSPS) is 22.9. The fourth-order valence-electron chi connectivity index (χ4n) is 4.77. The van der Waals surface area contributed by atoms with E-state index < -0.39 is 0 Å². The van der Waals surface area contributed by atoms with Crippen LogP contribution in [0, 0.1) is 5.82 Å². The molecule has 3 aromatic rings. The molecule has 0 amide bonds. The van der Waals surface area contributed by atoms with E-state index in [0.717, 1.165) is 50.0 Å². The fourth-order valence-corrected chi connectivity index (χ4v) is 6.15. The highest BCUT2D eigenvalue weighted by Crippen LogP contribution is 2.43. The van der Waals surface area contributed by atoms with Crippen LogP contribution in [0.5, 0.6) is 0 Å². The lowest BCUT2D eigenvalue weighted by atomic mass is 10.0. The highest BCUT2D eigenvalue weighted by atomic mass is 32.2. The van der Waals surface area contributed by atoms with E-state index in [1.165, 1.54) is 5.56 Å². The van der Waals surface area contributed by atoms with E-state index in [2.05, 4.69) is 62.8 Å². The van der Waals surface area contributed by atoms with Gasteiger partial charge in [-0.05, 0) is 50.3 Å². The highest BCUT2D eigenvalue weighted by Gasteiger charge is 2.28. The zero-order valence-electron chi connectivity index (χ0n) is 18.5. The van der Waals surface area contributed by atoms with Gasteiger partial charge in [-0.2, -0.15) is 0 Å². The van der Waals surface area contributed by atoms with Gasteiger partial charge in [-0.25, -0.2) is 13.4 Å². The van der Waals surface area contributed by atoms with E-state index in [-0.39, 0.29) is 5.82 Å². The Labute approximate surface area is 193 Å². The van der Waals surface area contributed by atoms with Gasteiger partial charge in [-0.1, -0.05) is 53.6 Å². The summed E-state index contributed by atoms with van der Waals surface area (Å²) in [5.74, 6) is -0.101. The predicted molar refractivity (Wildman–Crippen MR) is 128 cm³/mol. The third-order valence-corrected chi connectivity index (χ3v) is 8.30. The molecule has 2 aliphatic rings. The Morgan fingerprint density at radius 3 is 2.56 bits per heavy atom. The minimum atomic E-state index is -0.101. The average Bonchev–Trinajstić information content (AvgIpc) is 3.37. The maximum Gasteiger partial charge on any atom is 0.129 e. The summed E-state index contributed by atoms with van der Waals surface area (Å²) in [5.41, 5.74) is 3.11. The van der Waals surface area contributed by atoms with Crippen LogP contribution in [0.1, 0.15) is 55.0 Å². The molecule has 5 nitrogen and oxygen atoms in total. The van der Waals surface area contributed by atoms with Gasteiger partial charge in [0.15, 0.2) is 0 Å². The van der Waals surface area contributed by atoms with Gasteiger partial charge < -0.3 is 4.90 Å². The molecule has 2 fully saturated rings. The summed E-state index contributed by atoms with van der Waals surface area (Å²) in [6.07, 6.45) is 7.94. The smallest absolute Gasteiger partial charge is 0.129 e. The monoisotopic (exact) mass is 451 g/mol. The Hall–Kier alpha value is -2.38. The first-order valence-corrected chi connectivity index (χ1v) is 12.4. The molecule has 0 spiro atoms. The molecule has 2 aromatic carbocycles. The molecule has 7 heteroatoms. The highest BCUT2D eigenvalue weighted by molar-refractivity contribution is 7.97. The number of piperidine rings is 1. The fraction of sp³-hybridized carbons (Fsp3) is 0.440. The molecule has 2 atom stereocenters. The molecule has 0 radical (unpaired) electrons. The number of nitrogens with zero attached hydrogens (tertiary/aromatic N) is 5. The van der Waals surface area contributed by atoms with Gasteiger partial charge in [0.1, 0.15) is 5.82 Å². The van der Waals surface area contributed by atoms with Gasteiger partial charge in [0.25, 0.3) is 0 Å². The van der Waals surface area contributed by atoms with Crippen molar-refractivity contribution in [2.45, 2.75) is 56.5 Å². The second-order valence-electron chi connectivity index (χ2n) is 8.88. The molecule has 1 unspecified atom stereocenters. The first-order chi connectivity index (χ1) is 15.7. The molecule has 5 rings (SSSR count). The van der Waals surface area contributed by atoms with E-state index in [1.807, 2.05) is 28.9 Å². The maximum absolute atomic E-state index is 15.1. The lowest BCUT2D eigenvalue weighted by Gasteiger charge is -2.37. The summed E-state index contributed by atoms with van der Waals surface area (Å²) in [5, 5.41) is 8.49. The average molecular weight is 452 g/mol. The van der Waals surface area contributed by atoms with Crippen molar-refractivity contribution in [1.29, 1.82) is 0 Å². The van der Waals surface area contributed by atoms with E-state index >= 15 is 4.39 Å². The topological polar surface area (TPSA) is 37.2 Å². The van der Waals surface area contributed by atoms with Crippen LogP contribution in [0.25, 0.3) is 0 Å². The SMILES string of the molecule is C[C@H]1CCC(c2ccccc2)SN1Cc1ccc(N2CCC(n3ccnn3)CC2)cc1F. The van der Waals surface area contributed by atoms with Gasteiger partial charge in [0.2, 0.25) is 0 Å². The van der Waals surface area contributed by atoms with Crippen LogP contribution in [0.15, 0.2) is 60.9 Å². The number of hydrogen-bond acceptors (Lipinski definition) is 5. The third kappa shape index (κ3) is 4.69. The Balaban J connectivity index is 1.22. The molecule has 1 aromatic heterocycles. The second kappa shape index (κ2) is 9.63. The van der Waals surface area contributed by atoms with Gasteiger partial charge >= 0.3 is 0 Å². The summed E-state index contributed by atoms with van der Waals surface area (Å²) in [6.45, 7) is 4.69. The summed E-state index contributed by atoms with van der Waals surface area (Å²) in [7, 11) is 0. The molecular formula is C25H30FN5S. The molecule has 0 aliphatic carbocycles. The van der Waals surface area contributed by atoms with Crippen LogP contribution < -0.4 is 4.90 Å². The van der Waals surface area contributed by atoms with Gasteiger partial charge in [-0.3, -0.25) is 0 Å². The zero-order chi connectivity index (χ0) is 21.9. The van der Waals surface area contributed by atoms with Crippen LogP contribution in [0.4, 0.5) is 10.1 Å². The molecule has 2 saturated heterocycles. The summed E-state index contributed by atoms with van der Waals surface area (Å²) >= 11 is 1.87. The maximum atomic E-state index is 15.1. The number of hydrogen-bond donors (Lipinski definition) is 0. The summed E-state index contributed by atoms with van der Waals surface area (Å²) in [6, 6.07) is 17.3. The van der Waals surface area contributed by atoms with Gasteiger partial charge in [-0.15, -0.1) is 5.10 Å². The lowest BCUT2D eigenvalue weighted by molar-refractivity contribution is 0.317. The Kier molecular flexibility index (Phi) is 6.46. The lowest BCUT2D eigenvalue weighted by Crippen LogP contribution is -2.35. The summed E-state index contributed by atoms with van der Waals surface area (Å²) < 4.78 is 19.4. The van der Waals surface area contributed by atoms with Crippen molar-refractivity contribution in [1.82, 2.24) is 19.3 Å².